The number of carbonyl (C=O) groups is 4. The number of urea groups is 1. The molecule has 52 heavy (non-hydrogen) atoms. The fourth-order valence-corrected chi connectivity index (χ4v) is 8.48. The minimum Gasteiger partial charge on any atom is -0.329 e. The third-order valence-electron chi connectivity index (χ3n) is 11.5. The van der Waals surface area contributed by atoms with Gasteiger partial charge in [0.25, 0.3) is 5.92 Å². The van der Waals surface area contributed by atoms with Crippen LogP contribution >= 0.6 is 0 Å². The topological polar surface area (TPSA) is 127 Å². The van der Waals surface area contributed by atoms with Crippen LogP contribution in [0.5, 0.6) is 0 Å². The summed E-state index contributed by atoms with van der Waals surface area (Å²) in [6, 6.07) is 16.9. The van der Waals surface area contributed by atoms with Crippen molar-refractivity contribution in [3.8, 4) is 0 Å². The van der Waals surface area contributed by atoms with E-state index in [0.29, 0.717) is 50.2 Å². The van der Waals surface area contributed by atoms with Crippen molar-refractivity contribution in [1.29, 1.82) is 0 Å². The van der Waals surface area contributed by atoms with Crippen LogP contribution in [0.15, 0.2) is 60.8 Å². The molecule has 274 valence electrons. The van der Waals surface area contributed by atoms with Gasteiger partial charge in [0.05, 0.1) is 17.4 Å². The number of hydrogen-bond donors (Lipinski definition) is 3. The number of hydrogen-bond acceptors (Lipinski definition) is 6. The number of nitrogens with one attached hydrogen (secondary N) is 3. The smallest absolute Gasteiger partial charge is 0.320 e. The van der Waals surface area contributed by atoms with Crippen molar-refractivity contribution >= 4 is 35.3 Å². The Kier molecular flexibility index (Phi) is 9.49. The molecule has 2 aromatic carbocycles. The lowest BCUT2D eigenvalue weighted by Crippen LogP contribution is -2.54. The highest BCUT2D eigenvalue weighted by atomic mass is 19.3. The fourth-order valence-electron chi connectivity index (χ4n) is 8.48. The lowest BCUT2D eigenvalue weighted by molar-refractivity contribution is -0.147. The number of fused-ring (bicyclic) bond motifs is 3. The van der Waals surface area contributed by atoms with E-state index >= 15 is 0 Å². The van der Waals surface area contributed by atoms with Gasteiger partial charge in [-0.2, -0.15) is 0 Å². The number of alkyl halides is 2. The summed E-state index contributed by atoms with van der Waals surface area (Å²) in [7, 11) is 1.85. The zero-order valence-electron chi connectivity index (χ0n) is 29.6. The quantitative estimate of drug-likeness (QED) is 0.295. The minimum atomic E-state index is -2.88. The fraction of sp³-hybridized carbons (Fsp3) is 0.462. The Hall–Kier alpha value is -4.91. The molecular weight excluding hydrogens is 668 g/mol. The zero-order valence-corrected chi connectivity index (χ0v) is 29.6. The van der Waals surface area contributed by atoms with Crippen molar-refractivity contribution < 1.29 is 28.0 Å². The molecule has 4 heterocycles. The van der Waals surface area contributed by atoms with E-state index in [1.54, 1.807) is 16.0 Å². The molecule has 3 aliphatic heterocycles. The second-order valence-corrected chi connectivity index (χ2v) is 14.7. The van der Waals surface area contributed by atoms with Crippen molar-refractivity contribution in [3.63, 3.8) is 0 Å². The van der Waals surface area contributed by atoms with Gasteiger partial charge in [-0.05, 0) is 79.6 Å². The zero-order chi connectivity index (χ0) is 36.7. The Morgan fingerprint density at radius 3 is 2.38 bits per heavy atom. The number of nitrogens with zero attached hydrogens (tertiary/aromatic N) is 4. The van der Waals surface area contributed by atoms with Crippen LogP contribution in [0.3, 0.4) is 0 Å². The second kappa shape index (κ2) is 13.9. The van der Waals surface area contributed by atoms with Gasteiger partial charge in [-0.3, -0.25) is 14.4 Å². The van der Waals surface area contributed by atoms with Crippen molar-refractivity contribution in [2.24, 2.45) is 5.41 Å². The summed E-state index contributed by atoms with van der Waals surface area (Å²) in [6.07, 6.45) is 3.59. The van der Waals surface area contributed by atoms with Crippen molar-refractivity contribution in [3.05, 3.63) is 88.6 Å². The maximum absolute atomic E-state index is 14.6. The van der Waals surface area contributed by atoms with Crippen molar-refractivity contribution in [1.82, 2.24) is 25.0 Å². The Bertz CT molecular complexity index is 1900. The summed E-state index contributed by atoms with van der Waals surface area (Å²) in [5.41, 5.74) is 3.85. The maximum atomic E-state index is 14.6. The van der Waals surface area contributed by atoms with Gasteiger partial charge in [-0.25, -0.2) is 18.6 Å². The van der Waals surface area contributed by atoms with Gasteiger partial charge >= 0.3 is 6.03 Å². The maximum Gasteiger partial charge on any atom is 0.320 e. The molecule has 1 spiro atoms. The number of halogens is 2. The first-order valence-electron chi connectivity index (χ1n) is 18.1. The Balaban J connectivity index is 1.08. The van der Waals surface area contributed by atoms with E-state index in [4.69, 9.17) is 0 Å². The number of carbonyl (C=O) groups excluding carboxylic acids is 4. The van der Waals surface area contributed by atoms with Crippen LogP contribution in [0.2, 0.25) is 0 Å². The summed E-state index contributed by atoms with van der Waals surface area (Å²) >= 11 is 0. The van der Waals surface area contributed by atoms with Crippen LogP contribution in [0, 0.1) is 5.41 Å². The third kappa shape index (κ3) is 6.62. The third-order valence-corrected chi connectivity index (χ3v) is 11.5. The van der Waals surface area contributed by atoms with E-state index in [1.807, 2.05) is 68.6 Å². The van der Waals surface area contributed by atoms with E-state index in [9.17, 15) is 28.0 Å². The molecule has 0 radical (unpaired) electrons. The molecule has 3 aromatic rings. The molecule has 3 N–H and O–H groups in total. The van der Waals surface area contributed by atoms with E-state index < -0.39 is 29.3 Å². The van der Waals surface area contributed by atoms with Crippen molar-refractivity contribution in [2.75, 3.05) is 50.4 Å². The van der Waals surface area contributed by atoms with E-state index in [1.165, 1.54) is 4.90 Å². The van der Waals surface area contributed by atoms with Crippen LogP contribution in [0.1, 0.15) is 60.4 Å². The van der Waals surface area contributed by atoms with E-state index in [0.717, 1.165) is 27.8 Å². The van der Waals surface area contributed by atoms with Gasteiger partial charge in [-0.1, -0.05) is 43.3 Å². The Morgan fingerprint density at radius 1 is 0.942 bits per heavy atom. The molecular formula is C39H45F2N7O4. The summed E-state index contributed by atoms with van der Waals surface area (Å²) in [5, 5.41) is 9.10. The molecule has 0 bridgehead atoms. The first-order chi connectivity index (χ1) is 25.0. The van der Waals surface area contributed by atoms with Gasteiger partial charge < -0.3 is 30.7 Å². The van der Waals surface area contributed by atoms with Crippen LogP contribution in [-0.2, 0) is 45.7 Å². The second-order valence-electron chi connectivity index (χ2n) is 14.7. The Labute approximate surface area is 302 Å². The number of benzene rings is 2. The normalized spacial score (nSPS) is 21.1. The van der Waals surface area contributed by atoms with Gasteiger partial charge in [0.1, 0.15) is 12.4 Å². The molecule has 2 saturated heterocycles. The van der Waals surface area contributed by atoms with Gasteiger partial charge in [-0.15, -0.1) is 0 Å². The molecule has 7 rings (SSSR count). The SMILES string of the molecule is CCC1(C(=O)N(CC(=O)Nc2ccc3c(c2)C[C@@]2(C3)C(=O)Nc3ncccc32)Cc2ccccc2CNC)CCN(C(=O)N2CCC(F)(F)C2)CC1. The number of piperidine rings is 1. The molecule has 11 nitrogen and oxygen atoms in total. The van der Waals surface area contributed by atoms with E-state index in [-0.39, 0.29) is 56.9 Å². The summed E-state index contributed by atoms with van der Waals surface area (Å²) in [5.74, 6) is -2.88. The number of anilines is 2. The van der Waals surface area contributed by atoms with Crippen LogP contribution in [-0.4, -0.2) is 89.1 Å². The van der Waals surface area contributed by atoms with Crippen LogP contribution in [0.25, 0.3) is 0 Å². The summed E-state index contributed by atoms with van der Waals surface area (Å²) in [6.45, 7) is 2.53. The largest absolute Gasteiger partial charge is 0.329 e. The molecule has 1 aliphatic carbocycles. The van der Waals surface area contributed by atoms with E-state index in [2.05, 4.69) is 20.9 Å². The number of amides is 5. The number of aromatic nitrogens is 1. The molecule has 2 fully saturated rings. The average molecular weight is 714 g/mol. The molecule has 4 aliphatic rings. The average Bonchev–Trinajstić information content (AvgIpc) is 3.79. The summed E-state index contributed by atoms with van der Waals surface area (Å²) in [4.78, 5) is 63.5. The van der Waals surface area contributed by atoms with Gasteiger partial charge in [0.2, 0.25) is 17.7 Å². The molecule has 13 heteroatoms. The molecule has 0 unspecified atom stereocenters. The Morgan fingerprint density at radius 2 is 1.67 bits per heavy atom. The highest BCUT2D eigenvalue weighted by Gasteiger charge is 2.51. The monoisotopic (exact) mass is 713 g/mol. The lowest BCUT2D eigenvalue weighted by atomic mass is 9.74. The first-order valence-corrected chi connectivity index (χ1v) is 18.1. The highest BCUT2D eigenvalue weighted by molar-refractivity contribution is 6.06. The molecule has 0 saturated carbocycles. The van der Waals surface area contributed by atoms with Crippen molar-refractivity contribution in [2.45, 2.75) is 69.9 Å². The van der Waals surface area contributed by atoms with Gasteiger partial charge in [0.15, 0.2) is 0 Å². The first kappa shape index (κ1) is 35.5. The molecule has 1 atom stereocenters. The minimum absolute atomic E-state index is 0.0148. The van der Waals surface area contributed by atoms with Gasteiger partial charge in [0, 0.05) is 56.6 Å². The van der Waals surface area contributed by atoms with Crippen LogP contribution in [0.4, 0.5) is 25.1 Å². The number of rotatable bonds is 9. The molecule has 1 aromatic heterocycles. The predicted molar refractivity (Wildman–Crippen MR) is 192 cm³/mol. The number of likely N-dealkylation sites (tertiary alicyclic amines) is 2. The molecule has 5 amide bonds. The standard InChI is InChI=1S/C39H45F2N7O4/c1-3-37(12-16-46(17-13-37)36(52)47-18-14-39(40,41)25-47)35(51)48(23-28-8-5-4-7-27(28)22-42-2)24-32(49)44-30-11-10-26-20-38(21-29(26)19-30)31-9-6-15-43-33(31)45-34(38)50/h4-11,15,19,42H,3,12-14,16-18,20-25H2,1-2H3,(H,44,49)(H,43,45,50)/t38-/m1/s1. The number of pyridine rings is 1. The summed E-state index contributed by atoms with van der Waals surface area (Å²) < 4.78 is 27.7. The predicted octanol–water partition coefficient (Wildman–Crippen LogP) is 4.71. The highest BCUT2D eigenvalue weighted by Crippen LogP contribution is 2.47. The lowest BCUT2D eigenvalue weighted by Gasteiger charge is -2.43. The van der Waals surface area contributed by atoms with Crippen LogP contribution < -0.4 is 16.0 Å².